The fourth-order valence-corrected chi connectivity index (χ4v) is 1.80. The molecular formula is C12H14F3NO2. The normalized spacial score (nSPS) is 18.1. The maximum atomic E-state index is 12.7. The molecule has 1 N–H and O–H groups in total. The highest BCUT2D eigenvalue weighted by Gasteiger charge is 2.36. The summed E-state index contributed by atoms with van der Waals surface area (Å²) in [5, 5.41) is 3.05. The molecule has 0 atom stereocenters. The van der Waals surface area contributed by atoms with Crippen molar-refractivity contribution in [2.24, 2.45) is 0 Å². The molecule has 1 aromatic rings. The van der Waals surface area contributed by atoms with Gasteiger partial charge in [0.05, 0.1) is 12.7 Å². The maximum Gasteiger partial charge on any atom is 0.419 e. The molecule has 1 saturated heterocycles. The topological polar surface area (TPSA) is 30.5 Å². The number of alkyl halides is 3. The van der Waals surface area contributed by atoms with Gasteiger partial charge in [0.1, 0.15) is 17.1 Å². The first kappa shape index (κ1) is 13.0. The first-order valence-electron chi connectivity index (χ1n) is 5.49. The van der Waals surface area contributed by atoms with E-state index in [0.29, 0.717) is 18.8 Å². The first-order valence-corrected chi connectivity index (χ1v) is 5.49. The van der Waals surface area contributed by atoms with Crippen LogP contribution >= 0.6 is 0 Å². The summed E-state index contributed by atoms with van der Waals surface area (Å²) in [6.07, 6.45) is -4.42. The van der Waals surface area contributed by atoms with Crippen LogP contribution in [0.4, 0.5) is 13.2 Å². The van der Waals surface area contributed by atoms with Crippen molar-refractivity contribution in [3.63, 3.8) is 0 Å². The molecule has 1 aliphatic heterocycles. The van der Waals surface area contributed by atoms with Crippen molar-refractivity contribution >= 4 is 0 Å². The molecule has 0 aliphatic carbocycles. The molecule has 0 amide bonds. The fraction of sp³-hybridized carbons (Fsp3) is 0.500. The van der Waals surface area contributed by atoms with Gasteiger partial charge in [-0.1, -0.05) is 0 Å². The predicted octanol–water partition coefficient (Wildman–Crippen LogP) is 2.45. The van der Waals surface area contributed by atoms with Crippen LogP contribution in [0.1, 0.15) is 12.5 Å². The number of methoxy groups -OCH3 is 1. The van der Waals surface area contributed by atoms with E-state index in [9.17, 15) is 13.2 Å². The van der Waals surface area contributed by atoms with Gasteiger partial charge in [0.25, 0.3) is 0 Å². The zero-order valence-corrected chi connectivity index (χ0v) is 10.1. The van der Waals surface area contributed by atoms with Gasteiger partial charge in [0.15, 0.2) is 0 Å². The van der Waals surface area contributed by atoms with E-state index < -0.39 is 11.7 Å². The van der Waals surface area contributed by atoms with Crippen LogP contribution in [-0.4, -0.2) is 25.8 Å². The van der Waals surface area contributed by atoms with Crippen LogP contribution in [0.25, 0.3) is 0 Å². The molecule has 0 saturated carbocycles. The van der Waals surface area contributed by atoms with Crippen LogP contribution in [0, 0.1) is 0 Å². The third kappa shape index (κ3) is 2.53. The average molecular weight is 261 g/mol. The van der Waals surface area contributed by atoms with Gasteiger partial charge in [-0.2, -0.15) is 13.2 Å². The van der Waals surface area contributed by atoms with Gasteiger partial charge in [0.2, 0.25) is 0 Å². The van der Waals surface area contributed by atoms with Crippen LogP contribution in [0.15, 0.2) is 18.2 Å². The standard InChI is InChI=1S/C12H14F3NO2/c1-11(6-16-7-11)18-8-3-4-9(12(13,14)15)10(5-8)17-2/h3-5,16H,6-7H2,1-2H3. The number of rotatable bonds is 3. The van der Waals surface area contributed by atoms with Crippen molar-refractivity contribution < 1.29 is 22.6 Å². The number of hydrogen-bond acceptors (Lipinski definition) is 3. The Morgan fingerprint density at radius 3 is 2.39 bits per heavy atom. The summed E-state index contributed by atoms with van der Waals surface area (Å²) in [5.74, 6) is 0.153. The zero-order valence-electron chi connectivity index (χ0n) is 10.1. The van der Waals surface area contributed by atoms with Crippen molar-refractivity contribution in [2.45, 2.75) is 18.7 Å². The summed E-state index contributed by atoms with van der Waals surface area (Å²) in [7, 11) is 1.21. The average Bonchev–Trinajstić information content (AvgIpc) is 2.25. The number of halogens is 3. The predicted molar refractivity (Wildman–Crippen MR) is 59.9 cm³/mol. The van der Waals surface area contributed by atoms with Crippen LogP contribution < -0.4 is 14.8 Å². The highest BCUT2D eigenvalue weighted by molar-refractivity contribution is 5.42. The Kier molecular flexibility index (Phi) is 3.14. The molecular weight excluding hydrogens is 247 g/mol. The van der Waals surface area contributed by atoms with Crippen molar-refractivity contribution in [3.05, 3.63) is 23.8 Å². The van der Waals surface area contributed by atoms with E-state index in [1.54, 1.807) is 0 Å². The molecule has 1 aliphatic rings. The Bertz CT molecular complexity index is 441. The third-order valence-corrected chi connectivity index (χ3v) is 2.84. The SMILES string of the molecule is COc1cc(OC2(C)CNC2)ccc1C(F)(F)F. The lowest BCUT2D eigenvalue weighted by molar-refractivity contribution is -0.138. The summed E-state index contributed by atoms with van der Waals surface area (Å²) in [4.78, 5) is 0. The third-order valence-electron chi connectivity index (χ3n) is 2.84. The second-order valence-electron chi connectivity index (χ2n) is 4.52. The summed E-state index contributed by atoms with van der Waals surface area (Å²) in [5.41, 5.74) is -1.15. The Balaban J connectivity index is 2.24. The van der Waals surface area contributed by atoms with Crippen LogP contribution in [0.2, 0.25) is 0 Å². The molecule has 0 spiro atoms. The van der Waals surface area contributed by atoms with E-state index >= 15 is 0 Å². The number of hydrogen-bond donors (Lipinski definition) is 1. The van der Waals surface area contributed by atoms with Gasteiger partial charge >= 0.3 is 6.18 Å². The number of nitrogens with one attached hydrogen (secondary N) is 1. The van der Waals surface area contributed by atoms with E-state index in [0.717, 1.165) is 6.07 Å². The highest BCUT2D eigenvalue weighted by atomic mass is 19.4. The summed E-state index contributed by atoms with van der Waals surface area (Å²) >= 11 is 0. The monoisotopic (exact) mass is 261 g/mol. The van der Waals surface area contributed by atoms with Crippen LogP contribution in [0.5, 0.6) is 11.5 Å². The largest absolute Gasteiger partial charge is 0.496 e. The minimum Gasteiger partial charge on any atom is -0.496 e. The minimum atomic E-state index is -4.42. The molecule has 18 heavy (non-hydrogen) atoms. The zero-order chi connectivity index (χ0) is 13.4. The van der Waals surface area contributed by atoms with E-state index in [2.05, 4.69) is 5.32 Å². The van der Waals surface area contributed by atoms with E-state index in [1.165, 1.54) is 19.2 Å². The van der Waals surface area contributed by atoms with Crippen LogP contribution in [-0.2, 0) is 6.18 Å². The molecule has 2 rings (SSSR count). The first-order chi connectivity index (χ1) is 8.34. The lowest BCUT2D eigenvalue weighted by atomic mass is 10.00. The lowest BCUT2D eigenvalue weighted by Gasteiger charge is -2.39. The fourth-order valence-electron chi connectivity index (χ4n) is 1.80. The number of benzene rings is 1. The molecule has 6 heteroatoms. The quantitative estimate of drug-likeness (QED) is 0.906. The van der Waals surface area contributed by atoms with E-state index in [-0.39, 0.29) is 11.4 Å². The van der Waals surface area contributed by atoms with Crippen molar-refractivity contribution in [3.8, 4) is 11.5 Å². The summed E-state index contributed by atoms with van der Waals surface area (Å²) in [6.45, 7) is 3.25. The molecule has 0 unspecified atom stereocenters. The Morgan fingerprint density at radius 1 is 1.28 bits per heavy atom. The molecule has 1 fully saturated rings. The Morgan fingerprint density at radius 2 is 1.94 bits per heavy atom. The summed E-state index contributed by atoms with van der Waals surface area (Å²) < 4.78 is 48.4. The van der Waals surface area contributed by atoms with Gasteiger partial charge in [-0.15, -0.1) is 0 Å². The van der Waals surface area contributed by atoms with Crippen molar-refractivity contribution in [1.29, 1.82) is 0 Å². The van der Waals surface area contributed by atoms with Crippen molar-refractivity contribution in [1.82, 2.24) is 5.32 Å². The van der Waals surface area contributed by atoms with Gasteiger partial charge in [0, 0.05) is 19.2 Å². The lowest BCUT2D eigenvalue weighted by Crippen LogP contribution is -2.61. The number of ether oxygens (including phenoxy) is 2. The smallest absolute Gasteiger partial charge is 0.419 e. The minimum absolute atomic E-state index is 0.226. The van der Waals surface area contributed by atoms with Gasteiger partial charge < -0.3 is 14.8 Å². The van der Waals surface area contributed by atoms with E-state index in [4.69, 9.17) is 9.47 Å². The molecule has 1 heterocycles. The molecule has 0 radical (unpaired) electrons. The molecule has 0 bridgehead atoms. The highest BCUT2D eigenvalue weighted by Crippen LogP contribution is 2.38. The second kappa shape index (κ2) is 4.35. The summed E-state index contributed by atoms with van der Waals surface area (Å²) in [6, 6.07) is 3.56. The Labute approximate surface area is 103 Å². The van der Waals surface area contributed by atoms with Crippen LogP contribution in [0.3, 0.4) is 0 Å². The Hall–Kier alpha value is -1.43. The van der Waals surface area contributed by atoms with Crippen molar-refractivity contribution in [2.75, 3.05) is 20.2 Å². The molecule has 100 valence electrons. The molecule has 1 aromatic carbocycles. The molecule has 0 aromatic heterocycles. The maximum absolute atomic E-state index is 12.7. The second-order valence-corrected chi connectivity index (χ2v) is 4.52. The van der Waals surface area contributed by atoms with E-state index in [1.807, 2.05) is 6.92 Å². The van der Waals surface area contributed by atoms with Gasteiger partial charge in [-0.3, -0.25) is 0 Å². The van der Waals surface area contributed by atoms with Gasteiger partial charge in [-0.05, 0) is 19.1 Å². The molecule has 3 nitrogen and oxygen atoms in total. The van der Waals surface area contributed by atoms with Gasteiger partial charge in [-0.25, -0.2) is 0 Å².